The number of rotatable bonds is 5. The van der Waals surface area contributed by atoms with E-state index in [1.807, 2.05) is 0 Å². The largest absolute Gasteiger partial charge is 0.493 e. The Hall–Kier alpha value is -1.09. The summed E-state index contributed by atoms with van der Waals surface area (Å²) >= 11 is 3.34. The highest BCUT2D eigenvalue weighted by molar-refractivity contribution is 9.10. The quantitative estimate of drug-likeness (QED) is 0.463. The third kappa shape index (κ3) is 3.51. The van der Waals surface area contributed by atoms with Gasteiger partial charge < -0.3 is 4.74 Å². The second-order valence-corrected chi connectivity index (χ2v) is 3.98. The van der Waals surface area contributed by atoms with Crippen LogP contribution in [-0.2, 0) is 0 Å². The minimum atomic E-state index is 0.0412. The van der Waals surface area contributed by atoms with E-state index < -0.39 is 0 Å². The molecule has 15 heavy (non-hydrogen) atoms. The van der Waals surface area contributed by atoms with Gasteiger partial charge in [-0.2, -0.15) is 0 Å². The highest BCUT2D eigenvalue weighted by Crippen LogP contribution is 2.23. The summed E-state index contributed by atoms with van der Waals surface area (Å²) in [5.74, 6) is 0.799. The summed E-state index contributed by atoms with van der Waals surface area (Å²) in [6.45, 7) is 5.76. The molecule has 0 unspecified atom stereocenters. The minimum absolute atomic E-state index is 0.0412. The lowest BCUT2D eigenvalue weighted by Crippen LogP contribution is -1.98. The van der Waals surface area contributed by atoms with Crippen molar-refractivity contribution in [3.8, 4) is 5.75 Å². The van der Waals surface area contributed by atoms with Crippen LogP contribution < -0.4 is 4.74 Å². The van der Waals surface area contributed by atoms with Crippen molar-refractivity contribution in [2.45, 2.75) is 13.3 Å². The first kappa shape index (κ1) is 12.0. The molecular weight excluding hydrogens is 256 g/mol. The molecule has 1 aromatic rings. The summed E-state index contributed by atoms with van der Waals surface area (Å²) in [4.78, 5) is 11.2. The van der Waals surface area contributed by atoms with Crippen LogP contribution in [0.3, 0.4) is 0 Å². The van der Waals surface area contributed by atoms with Gasteiger partial charge in [0.2, 0.25) is 0 Å². The van der Waals surface area contributed by atoms with Crippen LogP contribution in [0.5, 0.6) is 5.75 Å². The van der Waals surface area contributed by atoms with E-state index in [0.29, 0.717) is 12.2 Å². The molecule has 0 saturated carbocycles. The van der Waals surface area contributed by atoms with Crippen molar-refractivity contribution in [2.24, 2.45) is 0 Å². The SMILES string of the molecule is C=CCCOc1ccc(C(C)=O)c(Br)c1. The van der Waals surface area contributed by atoms with Gasteiger partial charge in [0.25, 0.3) is 0 Å². The zero-order chi connectivity index (χ0) is 11.3. The van der Waals surface area contributed by atoms with Crippen LogP contribution in [0.15, 0.2) is 35.3 Å². The van der Waals surface area contributed by atoms with Gasteiger partial charge in [-0.15, -0.1) is 6.58 Å². The lowest BCUT2D eigenvalue weighted by atomic mass is 10.1. The first-order valence-electron chi connectivity index (χ1n) is 4.69. The lowest BCUT2D eigenvalue weighted by Gasteiger charge is -2.06. The van der Waals surface area contributed by atoms with Crippen LogP contribution in [-0.4, -0.2) is 12.4 Å². The van der Waals surface area contributed by atoms with E-state index in [0.717, 1.165) is 16.6 Å². The fourth-order valence-corrected chi connectivity index (χ4v) is 1.77. The van der Waals surface area contributed by atoms with Crippen LogP contribution in [0.2, 0.25) is 0 Å². The van der Waals surface area contributed by atoms with Gasteiger partial charge in [-0.1, -0.05) is 6.08 Å². The van der Waals surface area contributed by atoms with Gasteiger partial charge in [-0.3, -0.25) is 4.79 Å². The predicted octanol–water partition coefficient (Wildman–Crippen LogP) is 3.61. The third-order valence-electron chi connectivity index (χ3n) is 1.91. The van der Waals surface area contributed by atoms with Crippen molar-refractivity contribution >= 4 is 21.7 Å². The maximum Gasteiger partial charge on any atom is 0.160 e. The van der Waals surface area contributed by atoms with Crippen molar-refractivity contribution in [2.75, 3.05) is 6.61 Å². The Kier molecular flexibility index (Phi) is 4.56. The number of hydrogen-bond acceptors (Lipinski definition) is 2. The number of ketones is 1. The molecule has 1 rings (SSSR count). The van der Waals surface area contributed by atoms with E-state index >= 15 is 0 Å². The number of ether oxygens (including phenoxy) is 1. The van der Waals surface area contributed by atoms with Crippen LogP contribution in [0, 0.1) is 0 Å². The molecule has 0 saturated heterocycles. The maximum absolute atomic E-state index is 11.2. The Morgan fingerprint density at radius 1 is 1.60 bits per heavy atom. The topological polar surface area (TPSA) is 26.3 Å². The average molecular weight is 269 g/mol. The molecule has 0 atom stereocenters. The van der Waals surface area contributed by atoms with Crippen LogP contribution >= 0.6 is 15.9 Å². The molecule has 0 bridgehead atoms. The molecule has 0 fully saturated rings. The molecule has 0 heterocycles. The van der Waals surface area contributed by atoms with E-state index in [2.05, 4.69) is 22.5 Å². The summed E-state index contributed by atoms with van der Waals surface area (Å²) in [6.07, 6.45) is 2.62. The fourth-order valence-electron chi connectivity index (χ4n) is 1.13. The van der Waals surface area contributed by atoms with E-state index in [1.165, 1.54) is 0 Å². The van der Waals surface area contributed by atoms with Gasteiger partial charge in [-0.25, -0.2) is 0 Å². The number of carbonyl (C=O) groups is 1. The van der Waals surface area contributed by atoms with Crippen molar-refractivity contribution in [1.29, 1.82) is 0 Å². The molecule has 0 radical (unpaired) electrons. The van der Waals surface area contributed by atoms with E-state index in [4.69, 9.17) is 4.74 Å². The van der Waals surface area contributed by atoms with Gasteiger partial charge in [0.1, 0.15) is 5.75 Å². The molecule has 1 aromatic carbocycles. The first-order valence-corrected chi connectivity index (χ1v) is 5.48. The number of carbonyl (C=O) groups excluding carboxylic acids is 1. The smallest absolute Gasteiger partial charge is 0.160 e. The Bertz CT molecular complexity index is 372. The van der Waals surface area contributed by atoms with Gasteiger partial charge >= 0.3 is 0 Å². The maximum atomic E-state index is 11.2. The van der Waals surface area contributed by atoms with Crippen molar-refractivity contribution in [3.05, 3.63) is 40.9 Å². The van der Waals surface area contributed by atoms with Gasteiger partial charge in [0, 0.05) is 10.0 Å². The Morgan fingerprint density at radius 3 is 2.87 bits per heavy atom. The standard InChI is InChI=1S/C12H13BrO2/c1-3-4-7-15-10-5-6-11(9(2)14)12(13)8-10/h3,5-6,8H,1,4,7H2,2H3. The zero-order valence-electron chi connectivity index (χ0n) is 8.63. The molecule has 0 aliphatic carbocycles. The Morgan fingerprint density at radius 2 is 2.33 bits per heavy atom. The molecule has 0 aromatic heterocycles. The molecule has 0 amide bonds. The van der Waals surface area contributed by atoms with Crippen molar-refractivity contribution in [3.63, 3.8) is 0 Å². The monoisotopic (exact) mass is 268 g/mol. The van der Waals surface area contributed by atoms with E-state index in [1.54, 1.807) is 31.2 Å². The Labute approximate surface area is 98.1 Å². The number of halogens is 1. The molecule has 0 spiro atoms. The number of benzene rings is 1. The van der Waals surface area contributed by atoms with E-state index in [-0.39, 0.29) is 5.78 Å². The average Bonchev–Trinajstić information content (AvgIpc) is 2.17. The normalized spacial score (nSPS) is 9.73. The summed E-state index contributed by atoms with van der Waals surface area (Å²) in [7, 11) is 0. The summed E-state index contributed by atoms with van der Waals surface area (Å²) < 4.78 is 6.22. The highest BCUT2D eigenvalue weighted by atomic mass is 79.9. The summed E-state index contributed by atoms with van der Waals surface area (Å²) in [5, 5.41) is 0. The first-order chi connectivity index (χ1) is 7.15. The molecule has 2 nitrogen and oxygen atoms in total. The number of hydrogen-bond donors (Lipinski definition) is 0. The van der Waals surface area contributed by atoms with Gasteiger partial charge in [-0.05, 0) is 47.5 Å². The predicted molar refractivity (Wildman–Crippen MR) is 64.5 cm³/mol. The van der Waals surface area contributed by atoms with Crippen LogP contribution in [0.1, 0.15) is 23.7 Å². The van der Waals surface area contributed by atoms with Crippen LogP contribution in [0.4, 0.5) is 0 Å². The highest BCUT2D eigenvalue weighted by Gasteiger charge is 2.05. The van der Waals surface area contributed by atoms with Crippen LogP contribution in [0.25, 0.3) is 0 Å². The third-order valence-corrected chi connectivity index (χ3v) is 2.57. The van der Waals surface area contributed by atoms with Gasteiger partial charge in [0.15, 0.2) is 5.78 Å². The zero-order valence-corrected chi connectivity index (χ0v) is 10.2. The molecule has 0 aliphatic rings. The second-order valence-electron chi connectivity index (χ2n) is 3.12. The number of Topliss-reactive ketones (excluding diaryl/α,β-unsaturated/α-hetero) is 1. The Balaban J connectivity index is 2.73. The lowest BCUT2D eigenvalue weighted by molar-refractivity contribution is 0.101. The van der Waals surface area contributed by atoms with Crippen molar-refractivity contribution in [1.82, 2.24) is 0 Å². The van der Waals surface area contributed by atoms with E-state index in [9.17, 15) is 4.79 Å². The molecule has 3 heteroatoms. The molecule has 0 aliphatic heterocycles. The van der Waals surface area contributed by atoms with Crippen molar-refractivity contribution < 1.29 is 9.53 Å². The summed E-state index contributed by atoms with van der Waals surface area (Å²) in [6, 6.07) is 5.36. The molecule has 0 N–H and O–H groups in total. The molecular formula is C12H13BrO2. The second kappa shape index (κ2) is 5.71. The van der Waals surface area contributed by atoms with Gasteiger partial charge in [0.05, 0.1) is 6.61 Å². The minimum Gasteiger partial charge on any atom is -0.493 e. The summed E-state index contributed by atoms with van der Waals surface area (Å²) in [5.41, 5.74) is 0.672. The fraction of sp³-hybridized carbons (Fsp3) is 0.250. The molecule has 80 valence electrons.